The molecule has 0 aliphatic rings. The van der Waals surface area contributed by atoms with E-state index in [1.54, 1.807) is 21.3 Å². The Kier molecular flexibility index (Phi) is 7.35. The Balaban J connectivity index is 2.74. The number of nitrogens with one attached hydrogen (secondary N) is 3. The van der Waals surface area contributed by atoms with Gasteiger partial charge >= 0.3 is 0 Å². The fraction of sp³-hybridized carbons (Fsp3) is 0.529. The first-order valence-electron chi connectivity index (χ1n) is 7.86. The van der Waals surface area contributed by atoms with Crippen LogP contribution in [0.5, 0.6) is 11.5 Å². The van der Waals surface area contributed by atoms with Gasteiger partial charge in [-0.05, 0) is 32.9 Å². The van der Waals surface area contributed by atoms with Gasteiger partial charge in [0.1, 0.15) is 0 Å². The minimum Gasteiger partial charge on any atom is -0.493 e. The molecule has 1 rings (SSSR count). The summed E-state index contributed by atoms with van der Waals surface area (Å²) >= 11 is 0. The maximum absolute atomic E-state index is 12.0. The molecule has 0 atom stereocenters. The largest absolute Gasteiger partial charge is 0.493 e. The van der Waals surface area contributed by atoms with Crippen molar-refractivity contribution >= 4 is 17.6 Å². The molecule has 1 aromatic carbocycles. The second-order valence-electron chi connectivity index (χ2n) is 5.86. The molecule has 0 unspecified atom stereocenters. The molecule has 0 fully saturated rings. The van der Waals surface area contributed by atoms with Gasteiger partial charge in [0, 0.05) is 31.9 Å². The highest BCUT2D eigenvalue weighted by Crippen LogP contribution is 2.29. The van der Waals surface area contributed by atoms with E-state index < -0.39 is 5.41 Å². The third-order valence-electron chi connectivity index (χ3n) is 3.52. The average molecular weight is 336 g/mol. The number of amides is 1. The number of hydrogen-bond donors (Lipinski definition) is 3. The van der Waals surface area contributed by atoms with Crippen molar-refractivity contribution in [2.24, 2.45) is 10.4 Å². The summed E-state index contributed by atoms with van der Waals surface area (Å²) in [6.45, 7) is 6.73. The molecule has 0 radical (unpaired) electrons. The SMILES string of the molecule is CCNC(=O)C(C)(C)CNC(=NC)Nc1ccc(OC)c(OC)c1. The summed E-state index contributed by atoms with van der Waals surface area (Å²) in [6.07, 6.45) is 0. The Labute approximate surface area is 143 Å². The molecule has 0 aliphatic heterocycles. The minimum atomic E-state index is -0.550. The van der Waals surface area contributed by atoms with Gasteiger partial charge in [-0.1, -0.05) is 0 Å². The van der Waals surface area contributed by atoms with Crippen LogP contribution in [0.2, 0.25) is 0 Å². The summed E-state index contributed by atoms with van der Waals surface area (Å²) in [6, 6.07) is 5.50. The number of rotatable bonds is 7. The maximum atomic E-state index is 12.0. The van der Waals surface area contributed by atoms with Crippen molar-refractivity contribution in [1.82, 2.24) is 10.6 Å². The van der Waals surface area contributed by atoms with Crippen LogP contribution in [0.3, 0.4) is 0 Å². The number of carbonyl (C=O) groups excluding carboxylic acids is 1. The number of ether oxygens (including phenoxy) is 2. The molecule has 0 heterocycles. The van der Waals surface area contributed by atoms with Gasteiger partial charge < -0.3 is 25.4 Å². The Morgan fingerprint density at radius 1 is 1.17 bits per heavy atom. The van der Waals surface area contributed by atoms with Crippen LogP contribution >= 0.6 is 0 Å². The highest BCUT2D eigenvalue weighted by Gasteiger charge is 2.27. The predicted octanol–water partition coefficient (Wildman–Crippen LogP) is 1.85. The van der Waals surface area contributed by atoms with Crippen LogP contribution in [0.4, 0.5) is 5.69 Å². The molecule has 134 valence electrons. The lowest BCUT2D eigenvalue weighted by Crippen LogP contribution is -2.46. The summed E-state index contributed by atoms with van der Waals surface area (Å²) in [5.41, 5.74) is 0.252. The first-order valence-corrected chi connectivity index (χ1v) is 7.86. The summed E-state index contributed by atoms with van der Waals surface area (Å²) in [5, 5.41) is 9.17. The Morgan fingerprint density at radius 3 is 2.38 bits per heavy atom. The Morgan fingerprint density at radius 2 is 1.83 bits per heavy atom. The normalized spacial score (nSPS) is 11.7. The molecular formula is C17H28N4O3. The fourth-order valence-corrected chi connectivity index (χ4v) is 2.01. The molecule has 0 aliphatic carbocycles. The second-order valence-corrected chi connectivity index (χ2v) is 5.86. The molecule has 7 heteroatoms. The van der Waals surface area contributed by atoms with E-state index in [1.165, 1.54) is 0 Å². The number of nitrogens with zero attached hydrogens (tertiary/aromatic N) is 1. The van der Waals surface area contributed by atoms with Gasteiger partial charge in [0.25, 0.3) is 0 Å². The number of aliphatic imine (C=N–C) groups is 1. The molecule has 0 aromatic heterocycles. The third kappa shape index (κ3) is 5.33. The smallest absolute Gasteiger partial charge is 0.227 e. The molecule has 3 N–H and O–H groups in total. The van der Waals surface area contributed by atoms with Gasteiger partial charge in [0.2, 0.25) is 5.91 Å². The molecule has 24 heavy (non-hydrogen) atoms. The quantitative estimate of drug-likeness (QED) is 0.523. The van der Waals surface area contributed by atoms with Crippen LogP contribution in [-0.4, -0.2) is 46.2 Å². The van der Waals surface area contributed by atoms with E-state index in [4.69, 9.17) is 9.47 Å². The number of carbonyl (C=O) groups is 1. The molecular weight excluding hydrogens is 308 g/mol. The van der Waals surface area contributed by atoms with Crippen LogP contribution in [0.15, 0.2) is 23.2 Å². The van der Waals surface area contributed by atoms with Gasteiger partial charge in [-0.15, -0.1) is 0 Å². The van der Waals surface area contributed by atoms with Crippen molar-refractivity contribution in [3.8, 4) is 11.5 Å². The van der Waals surface area contributed by atoms with Crippen molar-refractivity contribution in [1.29, 1.82) is 0 Å². The highest BCUT2D eigenvalue weighted by atomic mass is 16.5. The van der Waals surface area contributed by atoms with Crippen LogP contribution in [0.1, 0.15) is 20.8 Å². The maximum Gasteiger partial charge on any atom is 0.227 e. The topological polar surface area (TPSA) is 84.0 Å². The van der Waals surface area contributed by atoms with Gasteiger partial charge in [0.15, 0.2) is 17.5 Å². The van der Waals surface area contributed by atoms with Crippen molar-refractivity contribution in [3.63, 3.8) is 0 Å². The Bertz CT molecular complexity index is 585. The van der Waals surface area contributed by atoms with E-state index in [0.717, 1.165) is 5.69 Å². The van der Waals surface area contributed by atoms with Crippen molar-refractivity contribution in [2.45, 2.75) is 20.8 Å². The molecule has 0 saturated carbocycles. The average Bonchev–Trinajstić information content (AvgIpc) is 2.58. The zero-order chi connectivity index (χ0) is 18.2. The predicted molar refractivity (Wildman–Crippen MR) is 97.0 cm³/mol. The summed E-state index contributed by atoms with van der Waals surface area (Å²) in [7, 11) is 4.85. The molecule has 0 bridgehead atoms. The molecule has 7 nitrogen and oxygen atoms in total. The van der Waals surface area contributed by atoms with E-state index >= 15 is 0 Å². The number of guanidine groups is 1. The summed E-state index contributed by atoms with van der Waals surface area (Å²) in [4.78, 5) is 16.2. The van der Waals surface area contributed by atoms with Crippen molar-refractivity contribution in [3.05, 3.63) is 18.2 Å². The lowest BCUT2D eigenvalue weighted by molar-refractivity contribution is -0.128. The number of hydrogen-bond acceptors (Lipinski definition) is 4. The Hall–Kier alpha value is -2.44. The zero-order valence-electron chi connectivity index (χ0n) is 15.3. The van der Waals surface area contributed by atoms with Gasteiger partial charge in [-0.25, -0.2) is 0 Å². The number of benzene rings is 1. The number of methoxy groups -OCH3 is 2. The monoisotopic (exact) mass is 336 g/mol. The van der Waals surface area contributed by atoms with E-state index in [-0.39, 0.29) is 5.91 Å². The van der Waals surface area contributed by atoms with Gasteiger partial charge in [-0.3, -0.25) is 9.79 Å². The van der Waals surface area contributed by atoms with E-state index in [2.05, 4.69) is 20.9 Å². The summed E-state index contributed by atoms with van der Waals surface area (Å²) in [5.74, 6) is 1.85. The third-order valence-corrected chi connectivity index (χ3v) is 3.52. The molecule has 1 amide bonds. The van der Waals surface area contributed by atoms with Gasteiger partial charge in [0.05, 0.1) is 19.6 Å². The second kappa shape index (κ2) is 9.00. The molecule has 0 spiro atoms. The van der Waals surface area contributed by atoms with Crippen LogP contribution < -0.4 is 25.4 Å². The van der Waals surface area contributed by atoms with Crippen molar-refractivity contribution in [2.75, 3.05) is 39.7 Å². The van der Waals surface area contributed by atoms with Crippen LogP contribution in [-0.2, 0) is 4.79 Å². The van der Waals surface area contributed by atoms with Crippen LogP contribution in [0, 0.1) is 5.41 Å². The van der Waals surface area contributed by atoms with Gasteiger partial charge in [-0.2, -0.15) is 0 Å². The van der Waals surface area contributed by atoms with Crippen LogP contribution in [0.25, 0.3) is 0 Å². The molecule has 1 aromatic rings. The number of anilines is 1. The van der Waals surface area contributed by atoms with E-state index in [1.807, 2.05) is 39.0 Å². The molecule has 0 saturated heterocycles. The minimum absolute atomic E-state index is 0.000861. The fourth-order valence-electron chi connectivity index (χ4n) is 2.01. The summed E-state index contributed by atoms with van der Waals surface area (Å²) < 4.78 is 10.5. The first-order chi connectivity index (χ1) is 11.4. The van der Waals surface area contributed by atoms with Crippen molar-refractivity contribution < 1.29 is 14.3 Å². The van der Waals surface area contributed by atoms with E-state index in [9.17, 15) is 4.79 Å². The lowest BCUT2D eigenvalue weighted by atomic mass is 9.92. The first kappa shape index (κ1) is 19.6. The highest BCUT2D eigenvalue weighted by molar-refractivity contribution is 5.94. The lowest BCUT2D eigenvalue weighted by Gasteiger charge is -2.25. The standard InChI is InChI=1S/C17H28N4O3/c1-7-19-15(22)17(2,3)11-20-16(18-4)21-12-8-9-13(23-5)14(10-12)24-6/h8-10H,7,11H2,1-6H3,(H,19,22)(H2,18,20,21). The zero-order valence-corrected chi connectivity index (χ0v) is 15.3. The van der Waals surface area contributed by atoms with E-state index in [0.29, 0.717) is 30.5 Å².